The average Bonchev–Trinajstić information content (AvgIpc) is 2.17. The molecule has 66 valence electrons. The molecule has 1 N–H and O–H groups in total. The van der Waals surface area contributed by atoms with E-state index in [1.807, 2.05) is 6.07 Å². The minimum atomic E-state index is -0.0233. The molecule has 1 rings (SSSR count). The minimum absolute atomic E-state index is 0.0233. The predicted octanol–water partition coefficient (Wildman–Crippen LogP) is 2.37. The summed E-state index contributed by atoms with van der Waals surface area (Å²) in [6.07, 6.45) is 2.96. The molecule has 0 heterocycles. The van der Waals surface area contributed by atoms with Gasteiger partial charge in [0.05, 0.1) is 12.7 Å². The van der Waals surface area contributed by atoms with Crippen LogP contribution in [0.15, 0.2) is 24.3 Å². The lowest BCUT2D eigenvalue weighted by molar-refractivity contribution is 0.282. The number of halogens is 1. The van der Waals surface area contributed by atoms with Crippen molar-refractivity contribution in [3.05, 3.63) is 40.4 Å². The second kappa shape index (κ2) is 4.66. The Bertz CT molecular complexity index is 366. The first-order valence-electron chi connectivity index (χ1n) is 3.73. The molecule has 0 bridgehead atoms. The van der Waals surface area contributed by atoms with Crippen LogP contribution in [-0.4, -0.2) is 5.11 Å². The Hall–Kier alpha value is -1.30. The number of hydrogen-bond acceptors (Lipinski definition) is 2. The van der Waals surface area contributed by atoms with Gasteiger partial charge in [-0.15, -0.1) is 0 Å². The molecule has 0 aliphatic carbocycles. The molecule has 0 amide bonds. The maximum Gasteiger partial charge on any atom is 0.0912 e. The third-order valence-electron chi connectivity index (χ3n) is 1.58. The van der Waals surface area contributed by atoms with Gasteiger partial charge in [0.25, 0.3) is 0 Å². The highest BCUT2D eigenvalue weighted by atomic mass is 35.5. The highest BCUT2D eigenvalue weighted by Crippen LogP contribution is 2.18. The standard InChI is InChI=1S/C10H8ClNO/c11-10-4-3-8(7-13)6-9(10)2-1-5-12/h1-4,6,13H,7H2. The van der Waals surface area contributed by atoms with Gasteiger partial charge in [0.15, 0.2) is 0 Å². The first-order chi connectivity index (χ1) is 6.27. The Kier molecular flexibility index (Phi) is 3.51. The first kappa shape index (κ1) is 9.79. The van der Waals surface area contributed by atoms with Gasteiger partial charge in [-0.3, -0.25) is 0 Å². The van der Waals surface area contributed by atoms with Gasteiger partial charge in [-0.25, -0.2) is 0 Å². The van der Waals surface area contributed by atoms with Crippen LogP contribution < -0.4 is 0 Å². The van der Waals surface area contributed by atoms with Crippen molar-refractivity contribution in [2.45, 2.75) is 6.61 Å². The van der Waals surface area contributed by atoms with Gasteiger partial charge in [0.2, 0.25) is 0 Å². The number of aliphatic hydroxyl groups excluding tert-OH is 1. The molecule has 0 aromatic heterocycles. The van der Waals surface area contributed by atoms with Gasteiger partial charge in [0, 0.05) is 11.1 Å². The van der Waals surface area contributed by atoms with Crippen molar-refractivity contribution in [2.75, 3.05) is 0 Å². The van der Waals surface area contributed by atoms with Crippen LogP contribution in [0, 0.1) is 11.3 Å². The Balaban J connectivity index is 3.05. The van der Waals surface area contributed by atoms with Crippen LogP contribution in [-0.2, 0) is 6.61 Å². The summed E-state index contributed by atoms with van der Waals surface area (Å²) < 4.78 is 0. The SMILES string of the molecule is N#CC=Cc1cc(CO)ccc1Cl. The summed E-state index contributed by atoms with van der Waals surface area (Å²) in [4.78, 5) is 0. The van der Waals surface area contributed by atoms with E-state index in [0.717, 1.165) is 11.1 Å². The molecule has 1 aromatic carbocycles. The van der Waals surface area contributed by atoms with Crippen LogP contribution >= 0.6 is 11.6 Å². The highest BCUT2D eigenvalue weighted by Gasteiger charge is 1.97. The molecule has 0 unspecified atom stereocenters. The van der Waals surface area contributed by atoms with Crippen molar-refractivity contribution >= 4 is 17.7 Å². The molecule has 0 aliphatic rings. The average molecular weight is 194 g/mol. The summed E-state index contributed by atoms with van der Waals surface area (Å²) >= 11 is 5.85. The summed E-state index contributed by atoms with van der Waals surface area (Å²) in [6, 6.07) is 7.07. The van der Waals surface area contributed by atoms with Gasteiger partial charge in [-0.2, -0.15) is 5.26 Å². The first-order valence-corrected chi connectivity index (χ1v) is 4.11. The molecule has 0 atom stereocenters. The molecule has 0 fully saturated rings. The van der Waals surface area contributed by atoms with Crippen molar-refractivity contribution in [3.63, 3.8) is 0 Å². The van der Waals surface area contributed by atoms with Gasteiger partial charge in [0.1, 0.15) is 0 Å². The summed E-state index contributed by atoms with van der Waals surface area (Å²) in [5.41, 5.74) is 1.52. The Morgan fingerprint density at radius 2 is 2.31 bits per heavy atom. The van der Waals surface area contributed by atoms with E-state index in [4.69, 9.17) is 22.0 Å². The second-order valence-corrected chi connectivity index (χ2v) is 2.88. The summed E-state index contributed by atoms with van der Waals surface area (Å²) in [5, 5.41) is 17.7. The van der Waals surface area contributed by atoms with E-state index in [0.29, 0.717) is 5.02 Å². The lowest BCUT2D eigenvalue weighted by atomic mass is 10.1. The van der Waals surface area contributed by atoms with E-state index in [1.54, 1.807) is 24.3 Å². The van der Waals surface area contributed by atoms with E-state index in [-0.39, 0.29) is 6.61 Å². The van der Waals surface area contributed by atoms with Crippen LogP contribution in [0.25, 0.3) is 6.08 Å². The smallest absolute Gasteiger partial charge is 0.0912 e. The number of aliphatic hydroxyl groups is 1. The number of nitriles is 1. The van der Waals surface area contributed by atoms with Crippen LogP contribution in [0.4, 0.5) is 0 Å². The van der Waals surface area contributed by atoms with Gasteiger partial charge in [-0.1, -0.05) is 17.7 Å². The van der Waals surface area contributed by atoms with Crippen LogP contribution in [0.1, 0.15) is 11.1 Å². The number of allylic oxidation sites excluding steroid dienone is 1. The molecular weight excluding hydrogens is 186 g/mol. The van der Waals surface area contributed by atoms with Gasteiger partial charge < -0.3 is 5.11 Å². The lowest BCUT2D eigenvalue weighted by Crippen LogP contribution is -1.84. The zero-order valence-corrected chi connectivity index (χ0v) is 7.62. The summed E-state index contributed by atoms with van der Waals surface area (Å²) in [7, 11) is 0. The number of hydrogen-bond donors (Lipinski definition) is 1. The van der Waals surface area contributed by atoms with E-state index >= 15 is 0 Å². The number of benzene rings is 1. The Morgan fingerprint density at radius 3 is 2.92 bits per heavy atom. The molecule has 13 heavy (non-hydrogen) atoms. The third-order valence-corrected chi connectivity index (χ3v) is 1.92. The molecule has 3 heteroatoms. The van der Waals surface area contributed by atoms with Gasteiger partial charge >= 0.3 is 0 Å². The zero-order chi connectivity index (χ0) is 9.68. The molecule has 0 saturated carbocycles. The van der Waals surface area contributed by atoms with E-state index in [2.05, 4.69) is 0 Å². The third kappa shape index (κ3) is 2.59. The van der Waals surface area contributed by atoms with Crippen molar-refractivity contribution in [2.24, 2.45) is 0 Å². The summed E-state index contributed by atoms with van der Waals surface area (Å²) in [5.74, 6) is 0. The fourth-order valence-corrected chi connectivity index (χ4v) is 1.13. The maximum atomic E-state index is 8.85. The summed E-state index contributed by atoms with van der Waals surface area (Å²) in [6.45, 7) is -0.0233. The largest absolute Gasteiger partial charge is 0.392 e. The van der Waals surface area contributed by atoms with Crippen LogP contribution in [0.5, 0.6) is 0 Å². The van der Waals surface area contributed by atoms with E-state index in [1.165, 1.54) is 6.08 Å². The van der Waals surface area contributed by atoms with Crippen LogP contribution in [0.2, 0.25) is 5.02 Å². The van der Waals surface area contributed by atoms with E-state index < -0.39 is 0 Å². The second-order valence-electron chi connectivity index (χ2n) is 2.48. The topological polar surface area (TPSA) is 44.0 Å². The van der Waals surface area contributed by atoms with Crippen molar-refractivity contribution in [1.29, 1.82) is 5.26 Å². The molecule has 0 spiro atoms. The van der Waals surface area contributed by atoms with Crippen molar-refractivity contribution in [1.82, 2.24) is 0 Å². The molecular formula is C10H8ClNO. The minimum Gasteiger partial charge on any atom is -0.392 e. The molecule has 0 saturated heterocycles. The monoisotopic (exact) mass is 193 g/mol. The van der Waals surface area contributed by atoms with Crippen LogP contribution in [0.3, 0.4) is 0 Å². The van der Waals surface area contributed by atoms with Gasteiger partial charge in [-0.05, 0) is 29.3 Å². The molecule has 0 radical (unpaired) electrons. The van der Waals surface area contributed by atoms with E-state index in [9.17, 15) is 0 Å². The zero-order valence-electron chi connectivity index (χ0n) is 6.87. The normalized spacial score (nSPS) is 10.2. The molecule has 1 aromatic rings. The van der Waals surface area contributed by atoms with Crippen molar-refractivity contribution in [3.8, 4) is 6.07 Å². The Morgan fingerprint density at radius 1 is 1.54 bits per heavy atom. The molecule has 2 nitrogen and oxygen atoms in total. The highest BCUT2D eigenvalue weighted by molar-refractivity contribution is 6.32. The number of nitrogens with zero attached hydrogens (tertiary/aromatic N) is 1. The maximum absolute atomic E-state index is 8.85. The fraction of sp³-hybridized carbons (Fsp3) is 0.100. The molecule has 0 aliphatic heterocycles. The fourth-order valence-electron chi connectivity index (χ4n) is 0.946. The van der Waals surface area contributed by atoms with Crippen molar-refractivity contribution < 1.29 is 5.11 Å². The number of rotatable bonds is 2. The predicted molar refractivity (Wildman–Crippen MR) is 52.0 cm³/mol. The quantitative estimate of drug-likeness (QED) is 0.733. The Labute approximate surface area is 81.7 Å². The lowest BCUT2D eigenvalue weighted by Gasteiger charge is -2.00.